The lowest BCUT2D eigenvalue weighted by atomic mass is 10.1. The van der Waals surface area contributed by atoms with E-state index in [1.54, 1.807) is 0 Å². The maximum Gasteiger partial charge on any atom is 0.119 e. The molecule has 2 aliphatic rings. The molecule has 0 bridgehead atoms. The third-order valence-corrected chi connectivity index (χ3v) is 5.34. The van der Waals surface area contributed by atoms with Crippen molar-refractivity contribution in [2.24, 2.45) is 0 Å². The summed E-state index contributed by atoms with van der Waals surface area (Å²) in [6.45, 7) is 5.77. The van der Waals surface area contributed by atoms with Gasteiger partial charge in [0.25, 0.3) is 0 Å². The topological polar surface area (TPSA) is 24.5 Å². The quantitative estimate of drug-likeness (QED) is 0.903. The monoisotopic (exact) mass is 306 g/mol. The summed E-state index contributed by atoms with van der Waals surface area (Å²) >= 11 is 2.05. The zero-order valence-corrected chi connectivity index (χ0v) is 13.5. The second kappa shape index (κ2) is 8.06. The number of hydrogen-bond acceptors (Lipinski definition) is 4. The number of rotatable bonds is 5. The standard InChI is InChI=1S/C17H26N2OS/c1-2-15(4-9-19-10-7-18-8-11-19)14-17(3-1)20-16-5-12-21-13-6-16/h1-3,14,16,18H,4-13H2. The van der Waals surface area contributed by atoms with Crippen LogP contribution in [-0.2, 0) is 6.42 Å². The number of hydrogen-bond donors (Lipinski definition) is 1. The molecular formula is C17H26N2OS. The Balaban J connectivity index is 1.50. The lowest BCUT2D eigenvalue weighted by molar-refractivity contribution is 0.192. The third-order valence-electron chi connectivity index (χ3n) is 4.30. The van der Waals surface area contributed by atoms with Crippen LogP contribution in [0.15, 0.2) is 24.3 Å². The molecule has 1 aromatic rings. The van der Waals surface area contributed by atoms with Crippen LogP contribution in [0.5, 0.6) is 5.75 Å². The minimum absolute atomic E-state index is 0.426. The SMILES string of the molecule is c1cc(CCN2CCNCC2)cc(OC2CCSCC2)c1. The van der Waals surface area contributed by atoms with E-state index in [4.69, 9.17) is 4.74 Å². The van der Waals surface area contributed by atoms with Crippen LogP contribution in [0.3, 0.4) is 0 Å². The van der Waals surface area contributed by atoms with Gasteiger partial charge in [-0.25, -0.2) is 0 Å². The van der Waals surface area contributed by atoms with E-state index in [2.05, 4.69) is 34.5 Å². The highest BCUT2D eigenvalue weighted by Gasteiger charge is 2.15. The molecule has 0 spiro atoms. The van der Waals surface area contributed by atoms with Gasteiger partial charge in [0.1, 0.15) is 11.9 Å². The lowest BCUT2D eigenvalue weighted by Crippen LogP contribution is -2.44. The molecule has 0 aromatic heterocycles. The van der Waals surface area contributed by atoms with Crippen LogP contribution in [0.25, 0.3) is 0 Å². The van der Waals surface area contributed by atoms with Crippen LogP contribution in [-0.4, -0.2) is 55.2 Å². The second-order valence-corrected chi connectivity index (χ2v) is 7.14. The van der Waals surface area contributed by atoms with E-state index < -0.39 is 0 Å². The lowest BCUT2D eigenvalue weighted by Gasteiger charge is -2.27. The maximum atomic E-state index is 6.15. The number of nitrogens with zero attached hydrogens (tertiary/aromatic N) is 1. The Morgan fingerprint density at radius 3 is 2.81 bits per heavy atom. The van der Waals surface area contributed by atoms with Crippen molar-refractivity contribution in [2.45, 2.75) is 25.4 Å². The Labute approximate surface area is 132 Å². The van der Waals surface area contributed by atoms with Crippen molar-refractivity contribution in [1.29, 1.82) is 0 Å². The Bertz CT molecular complexity index is 429. The van der Waals surface area contributed by atoms with Crippen molar-refractivity contribution in [1.82, 2.24) is 10.2 Å². The summed E-state index contributed by atoms with van der Waals surface area (Å²) in [7, 11) is 0. The number of nitrogens with one attached hydrogen (secondary N) is 1. The smallest absolute Gasteiger partial charge is 0.119 e. The molecule has 2 aliphatic heterocycles. The first-order valence-corrected chi connectivity index (χ1v) is 9.32. The first-order valence-electron chi connectivity index (χ1n) is 8.16. The molecule has 0 aliphatic carbocycles. The molecule has 3 rings (SSSR count). The Morgan fingerprint density at radius 1 is 1.19 bits per heavy atom. The zero-order chi connectivity index (χ0) is 14.3. The molecule has 3 nitrogen and oxygen atoms in total. The van der Waals surface area contributed by atoms with Crippen molar-refractivity contribution in [2.75, 3.05) is 44.2 Å². The van der Waals surface area contributed by atoms with Gasteiger partial charge in [-0.05, 0) is 48.5 Å². The fraction of sp³-hybridized carbons (Fsp3) is 0.647. The fourth-order valence-electron chi connectivity index (χ4n) is 2.98. The highest BCUT2D eigenvalue weighted by Crippen LogP contribution is 2.23. The number of thioether (sulfide) groups is 1. The van der Waals surface area contributed by atoms with Crippen molar-refractivity contribution in [3.63, 3.8) is 0 Å². The van der Waals surface area contributed by atoms with E-state index in [1.165, 1.54) is 43.0 Å². The van der Waals surface area contributed by atoms with Gasteiger partial charge in [0.15, 0.2) is 0 Å². The van der Waals surface area contributed by atoms with Crippen LogP contribution in [0.2, 0.25) is 0 Å². The summed E-state index contributed by atoms with van der Waals surface area (Å²) in [5.74, 6) is 3.55. The predicted octanol–water partition coefficient (Wildman–Crippen LogP) is 2.41. The molecule has 2 heterocycles. The van der Waals surface area contributed by atoms with E-state index in [0.29, 0.717) is 6.10 Å². The molecule has 0 amide bonds. The zero-order valence-electron chi connectivity index (χ0n) is 12.7. The van der Waals surface area contributed by atoms with Gasteiger partial charge < -0.3 is 15.0 Å². The van der Waals surface area contributed by atoms with Gasteiger partial charge in [0.2, 0.25) is 0 Å². The van der Waals surface area contributed by atoms with Crippen molar-refractivity contribution in [3.8, 4) is 5.75 Å². The third kappa shape index (κ3) is 4.90. The van der Waals surface area contributed by atoms with E-state index in [9.17, 15) is 0 Å². The molecular weight excluding hydrogens is 280 g/mol. The minimum atomic E-state index is 0.426. The van der Waals surface area contributed by atoms with Gasteiger partial charge in [-0.1, -0.05) is 12.1 Å². The highest BCUT2D eigenvalue weighted by molar-refractivity contribution is 7.99. The van der Waals surface area contributed by atoms with Gasteiger partial charge in [-0.3, -0.25) is 0 Å². The Kier molecular flexibility index (Phi) is 5.83. The molecule has 4 heteroatoms. The average Bonchev–Trinajstić information content (AvgIpc) is 2.55. The second-order valence-electron chi connectivity index (χ2n) is 5.92. The molecule has 21 heavy (non-hydrogen) atoms. The maximum absolute atomic E-state index is 6.15. The Hall–Kier alpha value is -0.710. The van der Waals surface area contributed by atoms with Gasteiger partial charge >= 0.3 is 0 Å². The van der Waals surface area contributed by atoms with Crippen LogP contribution >= 0.6 is 11.8 Å². The summed E-state index contributed by atoms with van der Waals surface area (Å²) in [4.78, 5) is 2.54. The van der Waals surface area contributed by atoms with E-state index >= 15 is 0 Å². The van der Waals surface area contributed by atoms with Gasteiger partial charge in [-0.2, -0.15) is 11.8 Å². The number of piperazine rings is 1. The number of benzene rings is 1. The van der Waals surface area contributed by atoms with Crippen molar-refractivity contribution >= 4 is 11.8 Å². The predicted molar refractivity (Wildman–Crippen MR) is 90.4 cm³/mol. The summed E-state index contributed by atoms with van der Waals surface area (Å²) in [5, 5.41) is 3.40. The molecule has 1 aromatic carbocycles. The number of ether oxygens (including phenoxy) is 1. The van der Waals surface area contributed by atoms with Crippen LogP contribution in [0, 0.1) is 0 Å². The summed E-state index contributed by atoms with van der Waals surface area (Å²) in [5.41, 5.74) is 1.40. The van der Waals surface area contributed by atoms with E-state index in [1.807, 2.05) is 11.8 Å². The molecule has 0 saturated carbocycles. The molecule has 116 valence electrons. The van der Waals surface area contributed by atoms with Gasteiger partial charge in [-0.15, -0.1) is 0 Å². The van der Waals surface area contributed by atoms with Crippen molar-refractivity contribution in [3.05, 3.63) is 29.8 Å². The molecule has 1 N–H and O–H groups in total. The molecule has 0 radical (unpaired) electrons. The van der Waals surface area contributed by atoms with E-state index in [0.717, 1.165) is 31.8 Å². The van der Waals surface area contributed by atoms with Crippen LogP contribution in [0.1, 0.15) is 18.4 Å². The summed E-state index contributed by atoms with van der Waals surface area (Å²) in [6.07, 6.45) is 3.93. The van der Waals surface area contributed by atoms with Crippen LogP contribution in [0.4, 0.5) is 0 Å². The largest absolute Gasteiger partial charge is 0.490 e. The highest BCUT2D eigenvalue weighted by atomic mass is 32.2. The Morgan fingerprint density at radius 2 is 2.00 bits per heavy atom. The summed E-state index contributed by atoms with van der Waals surface area (Å²) < 4.78 is 6.15. The van der Waals surface area contributed by atoms with Crippen molar-refractivity contribution < 1.29 is 4.74 Å². The van der Waals surface area contributed by atoms with E-state index in [-0.39, 0.29) is 0 Å². The molecule has 2 fully saturated rings. The molecule has 0 unspecified atom stereocenters. The van der Waals surface area contributed by atoms with Gasteiger partial charge in [0.05, 0.1) is 0 Å². The van der Waals surface area contributed by atoms with Gasteiger partial charge in [0, 0.05) is 32.7 Å². The first kappa shape index (κ1) is 15.2. The molecule has 0 atom stereocenters. The fourth-order valence-corrected chi connectivity index (χ4v) is 4.05. The average molecular weight is 306 g/mol. The molecule has 2 saturated heterocycles. The summed E-state index contributed by atoms with van der Waals surface area (Å²) in [6, 6.07) is 8.71. The van der Waals surface area contributed by atoms with Crippen LogP contribution < -0.4 is 10.1 Å². The first-order chi connectivity index (χ1) is 10.4. The normalized spacial score (nSPS) is 21.3. The minimum Gasteiger partial charge on any atom is -0.490 e.